The monoisotopic (exact) mass is 175 g/mol. The molecule has 1 aliphatic rings. The molecule has 2 aromatic rings. The van der Waals surface area contributed by atoms with E-state index in [9.17, 15) is 4.79 Å². The van der Waals surface area contributed by atoms with Gasteiger partial charge in [-0.15, -0.1) is 0 Å². The molecule has 0 saturated heterocycles. The average molecular weight is 175 g/mol. The first kappa shape index (κ1) is 6.88. The van der Waals surface area contributed by atoms with Crippen LogP contribution in [0.3, 0.4) is 0 Å². The van der Waals surface area contributed by atoms with E-state index in [1.54, 1.807) is 10.6 Å². The third-order valence-electron chi connectivity index (χ3n) is 2.49. The molecule has 66 valence electrons. The maximum Gasteiger partial charge on any atom is 0.347 e. The molecule has 1 aliphatic carbocycles. The van der Waals surface area contributed by atoms with Crippen LogP contribution >= 0.6 is 0 Å². The maximum atomic E-state index is 11.2. The first-order chi connectivity index (χ1) is 6.36. The Morgan fingerprint density at radius 2 is 2.38 bits per heavy atom. The Hall–Kier alpha value is -1.58. The smallest absolute Gasteiger partial charge is 0.250 e. The van der Waals surface area contributed by atoms with Crippen molar-refractivity contribution in [1.82, 2.24) is 14.6 Å². The number of aromatic nitrogens is 3. The molecule has 1 fully saturated rings. The van der Waals surface area contributed by atoms with Gasteiger partial charge in [-0.3, -0.25) is 4.40 Å². The molecule has 0 spiro atoms. The molecule has 3 rings (SSSR count). The Morgan fingerprint density at radius 1 is 1.54 bits per heavy atom. The van der Waals surface area contributed by atoms with Gasteiger partial charge in [-0.1, -0.05) is 6.07 Å². The molecule has 0 radical (unpaired) electrons. The van der Waals surface area contributed by atoms with Crippen molar-refractivity contribution in [3.8, 4) is 0 Å². The minimum absolute atomic E-state index is 0.155. The number of hydrogen-bond acceptors (Lipinski definition) is 2. The van der Waals surface area contributed by atoms with Gasteiger partial charge in [-0.25, -0.2) is 9.89 Å². The SMILES string of the molecule is O=c1[nH]nc2c(C3CC3)cccn12. The van der Waals surface area contributed by atoms with Gasteiger partial charge >= 0.3 is 5.69 Å². The highest BCUT2D eigenvalue weighted by Gasteiger charge is 2.26. The van der Waals surface area contributed by atoms with Crippen LogP contribution in [0, 0.1) is 0 Å². The summed E-state index contributed by atoms with van der Waals surface area (Å²) in [6, 6.07) is 3.95. The fourth-order valence-corrected chi connectivity index (χ4v) is 1.67. The van der Waals surface area contributed by atoms with E-state index in [4.69, 9.17) is 0 Å². The second-order valence-electron chi connectivity index (χ2n) is 3.46. The summed E-state index contributed by atoms with van der Waals surface area (Å²) in [5.41, 5.74) is 1.83. The number of fused-ring (bicyclic) bond motifs is 1. The summed E-state index contributed by atoms with van der Waals surface area (Å²) < 4.78 is 1.56. The third kappa shape index (κ3) is 0.915. The molecule has 2 aromatic heterocycles. The summed E-state index contributed by atoms with van der Waals surface area (Å²) in [6.45, 7) is 0. The van der Waals surface area contributed by atoms with Crippen LogP contribution in [0.5, 0.6) is 0 Å². The number of H-pyrrole nitrogens is 1. The molecular weight excluding hydrogens is 166 g/mol. The van der Waals surface area contributed by atoms with Gasteiger partial charge in [0.15, 0.2) is 5.65 Å². The zero-order valence-corrected chi connectivity index (χ0v) is 7.03. The molecule has 0 aromatic carbocycles. The Labute approximate surface area is 74.2 Å². The number of nitrogens with one attached hydrogen (secondary N) is 1. The fraction of sp³-hybridized carbons (Fsp3) is 0.333. The molecule has 0 unspecified atom stereocenters. The number of pyridine rings is 1. The number of rotatable bonds is 1. The zero-order chi connectivity index (χ0) is 8.84. The molecule has 4 nitrogen and oxygen atoms in total. The summed E-state index contributed by atoms with van der Waals surface area (Å²) >= 11 is 0. The predicted octanol–water partition coefficient (Wildman–Crippen LogP) is 0.900. The van der Waals surface area contributed by atoms with Gasteiger partial charge in [0.1, 0.15) is 0 Å². The van der Waals surface area contributed by atoms with Gasteiger partial charge in [-0.05, 0) is 24.8 Å². The number of aromatic amines is 1. The first-order valence-corrected chi connectivity index (χ1v) is 4.42. The molecule has 0 amide bonds. The highest BCUT2D eigenvalue weighted by atomic mass is 16.1. The van der Waals surface area contributed by atoms with Crippen molar-refractivity contribution in [1.29, 1.82) is 0 Å². The summed E-state index contributed by atoms with van der Waals surface area (Å²) in [7, 11) is 0. The van der Waals surface area contributed by atoms with Crippen LogP contribution < -0.4 is 5.69 Å². The summed E-state index contributed by atoms with van der Waals surface area (Å²) in [5.74, 6) is 0.624. The highest BCUT2D eigenvalue weighted by Crippen LogP contribution is 2.41. The first-order valence-electron chi connectivity index (χ1n) is 4.42. The van der Waals surface area contributed by atoms with Crippen LogP contribution in [-0.4, -0.2) is 14.6 Å². The molecule has 4 heteroatoms. The quantitative estimate of drug-likeness (QED) is 0.700. The second-order valence-corrected chi connectivity index (χ2v) is 3.46. The summed E-state index contributed by atoms with van der Waals surface area (Å²) in [6.07, 6.45) is 4.19. The second kappa shape index (κ2) is 2.22. The standard InChI is InChI=1S/C9H9N3O/c13-9-11-10-8-7(6-3-4-6)2-1-5-12(8)9/h1-2,5-6H,3-4H2,(H,11,13). The molecule has 13 heavy (non-hydrogen) atoms. The van der Waals surface area contributed by atoms with Gasteiger partial charge in [-0.2, -0.15) is 5.10 Å². The van der Waals surface area contributed by atoms with Crippen LogP contribution in [0.2, 0.25) is 0 Å². The maximum absolute atomic E-state index is 11.2. The van der Waals surface area contributed by atoms with Crippen LogP contribution in [0.15, 0.2) is 23.1 Å². The van der Waals surface area contributed by atoms with E-state index in [0.717, 1.165) is 5.65 Å². The third-order valence-corrected chi connectivity index (χ3v) is 2.49. The van der Waals surface area contributed by atoms with Crippen LogP contribution in [0.25, 0.3) is 5.65 Å². The fourth-order valence-electron chi connectivity index (χ4n) is 1.67. The lowest BCUT2D eigenvalue weighted by Gasteiger charge is -1.97. The van der Waals surface area contributed by atoms with Crippen LogP contribution in [-0.2, 0) is 0 Å². The number of nitrogens with zero attached hydrogens (tertiary/aromatic N) is 2. The lowest BCUT2D eigenvalue weighted by Crippen LogP contribution is -2.08. The van der Waals surface area contributed by atoms with E-state index in [1.807, 2.05) is 12.1 Å². The minimum Gasteiger partial charge on any atom is -0.250 e. The van der Waals surface area contributed by atoms with Crippen molar-refractivity contribution in [3.05, 3.63) is 34.4 Å². The topological polar surface area (TPSA) is 50.2 Å². The van der Waals surface area contributed by atoms with Gasteiger partial charge < -0.3 is 0 Å². The van der Waals surface area contributed by atoms with Crippen molar-refractivity contribution >= 4 is 5.65 Å². The van der Waals surface area contributed by atoms with E-state index < -0.39 is 0 Å². The molecule has 1 saturated carbocycles. The van der Waals surface area contributed by atoms with Crippen molar-refractivity contribution in [2.45, 2.75) is 18.8 Å². The minimum atomic E-state index is -0.155. The van der Waals surface area contributed by atoms with Gasteiger partial charge in [0.2, 0.25) is 0 Å². The molecule has 2 heterocycles. The van der Waals surface area contributed by atoms with Crippen molar-refractivity contribution in [3.63, 3.8) is 0 Å². The average Bonchev–Trinajstić information content (AvgIpc) is 2.92. The lowest BCUT2D eigenvalue weighted by molar-refractivity contribution is 1.02. The highest BCUT2D eigenvalue weighted by molar-refractivity contribution is 5.49. The van der Waals surface area contributed by atoms with Crippen molar-refractivity contribution in [2.24, 2.45) is 0 Å². The predicted molar refractivity (Wildman–Crippen MR) is 47.8 cm³/mol. The van der Waals surface area contributed by atoms with Gasteiger partial charge in [0, 0.05) is 11.8 Å². The Morgan fingerprint density at radius 3 is 3.15 bits per heavy atom. The van der Waals surface area contributed by atoms with Crippen molar-refractivity contribution < 1.29 is 0 Å². The molecular formula is C9H9N3O. The van der Waals surface area contributed by atoms with Gasteiger partial charge in [0.05, 0.1) is 0 Å². The van der Waals surface area contributed by atoms with E-state index in [2.05, 4.69) is 10.2 Å². The Bertz CT molecular complexity index is 507. The Kier molecular flexibility index (Phi) is 1.17. The van der Waals surface area contributed by atoms with E-state index in [-0.39, 0.29) is 5.69 Å². The van der Waals surface area contributed by atoms with Crippen LogP contribution in [0.4, 0.5) is 0 Å². The lowest BCUT2D eigenvalue weighted by atomic mass is 10.2. The Balaban J connectivity index is 2.39. The summed E-state index contributed by atoms with van der Waals surface area (Å²) in [4.78, 5) is 11.2. The molecule has 1 N–H and O–H groups in total. The molecule has 0 bridgehead atoms. The largest absolute Gasteiger partial charge is 0.347 e. The molecule has 0 aliphatic heterocycles. The van der Waals surface area contributed by atoms with E-state index >= 15 is 0 Å². The zero-order valence-electron chi connectivity index (χ0n) is 7.03. The van der Waals surface area contributed by atoms with Crippen molar-refractivity contribution in [2.75, 3.05) is 0 Å². The van der Waals surface area contributed by atoms with Crippen LogP contribution in [0.1, 0.15) is 24.3 Å². The summed E-state index contributed by atoms with van der Waals surface area (Å²) in [5, 5.41) is 6.46. The number of hydrogen-bond donors (Lipinski definition) is 1. The van der Waals surface area contributed by atoms with Gasteiger partial charge in [0.25, 0.3) is 0 Å². The molecule has 0 atom stereocenters. The van der Waals surface area contributed by atoms with E-state index in [0.29, 0.717) is 5.92 Å². The van der Waals surface area contributed by atoms with E-state index in [1.165, 1.54) is 18.4 Å². The normalized spacial score (nSPS) is 16.6.